The van der Waals surface area contributed by atoms with Gasteiger partial charge in [0.25, 0.3) is 0 Å². The number of nitrogens with zero attached hydrogens (tertiary/aromatic N) is 3. The molecule has 1 heterocycles. The Morgan fingerprint density at radius 3 is 2.45 bits per heavy atom. The number of nitrogens with one attached hydrogen (secondary N) is 2. The van der Waals surface area contributed by atoms with Crippen molar-refractivity contribution in [2.45, 2.75) is 25.5 Å². The molecule has 8 nitrogen and oxygen atoms in total. The number of likely N-dealkylation sites (N-methyl/N-ethyl adjacent to an activating group) is 1. The van der Waals surface area contributed by atoms with E-state index >= 15 is 0 Å². The number of hydrogen-bond acceptors (Lipinski definition) is 6. The lowest BCUT2D eigenvalue weighted by atomic mass is 10.1. The Morgan fingerprint density at radius 2 is 1.90 bits per heavy atom. The highest BCUT2D eigenvalue weighted by Crippen LogP contribution is 2.20. The van der Waals surface area contributed by atoms with E-state index < -0.39 is 5.60 Å². The van der Waals surface area contributed by atoms with Gasteiger partial charge in [-0.2, -0.15) is 0 Å². The quantitative estimate of drug-likeness (QED) is 0.232. The molecule has 2 atom stereocenters. The van der Waals surface area contributed by atoms with E-state index in [1.54, 1.807) is 7.11 Å². The molecule has 0 bridgehead atoms. The lowest BCUT2D eigenvalue weighted by Crippen LogP contribution is -2.48. The molecule has 31 heavy (non-hydrogen) atoms. The van der Waals surface area contributed by atoms with Gasteiger partial charge in [-0.3, -0.25) is 9.89 Å². The molecule has 0 aromatic heterocycles. The number of benzene rings is 1. The normalized spacial score (nSPS) is 18.1. The largest absolute Gasteiger partial charge is 0.497 e. The smallest absolute Gasteiger partial charge is 0.191 e. The van der Waals surface area contributed by atoms with Crippen LogP contribution in [0.4, 0.5) is 0 Å². The fourth-order valence-corrected chi connectivity index (χ4v) is 3.50. The Hall–Kier alpha value is -1.14. The average molecular weight is 549 g/mol. The minimum absolute atomic E-state index is 0. The van der Waals surface area contributed by atoms with Crippen molar-refractivity contribution in [1.82, 2.24) is 20.4 Å². The van der Waals surface area contributed by atoms with E-state index in [-0.39, 0.29) is 30.0 Å². The molecule has 0 aliphatic carbocycles. The van der Waals surface area contributed by atoms with Gasteiger partial charge < -0.3 is 30.1 Å². The summed E-state index contributed by atoms with van der Waals surface area (Å²) in [4.78, 5) is 9.05. The molecular weight excluding hydrogens is 509 g/mol. The first-order chi connectivity index (χ1) is 14.3. The molecule has 0 saturated carbocycles. The van der Waals surface area contributed by atoms with E-state index in [4.69, 9.17) is 9.47 Å². The van der Waals surface area contributed by atoms with E-state index in [1.165, 1.54) is 5.56 Å². The predicted octanol–water partition coefficient (Wildman–Crippen LogP) is 1.55. The summed E-state index contributed by atoms with van der Waals surface area (Å²) in [5, 5.41) is 17.5. The number of hydrogen-bond donors (Lipinski definition) is 3. The van der Waals surface area contributed by atoms with Crippen molar-refractivity contribution in [1.29, 1.82) is 0 Å². The Balaban J connectivity index is 0.00000480. The van der Waals surface area contributed by atoms with Gasteiger partial charge in [0.1, 0.15) is 5.75 Å². The molecule has 1 aliphatic heterocycles. The van der Waals surface area contributed by atoms with Crippen LogP contribution in [0.1, 0.15) is 25.5 Å². The van der Waals surface area contributed by atoms with Gasteiger partial charge in [0, 0.05) is 32.7 Å². The number of ether oxygens (including phenoxy) is 2. The standard InChI is InChI=1S/C22H39N5O3.HI/c1-6-23-21(25-16-22(2,28)17-27-11-13-30-14-12-27)24-15-20(26(3)4)18-7-9-19(29-5)10-8-18;/h7-10,20,28H,6,11-17H2,1-5H3,(H2,23,24,25);1H. The molecule has 1 aromatic rings. The number of halogens is 1. The molecular formula is C22H40IN5O3. The number of aliphatic imine (C=N–C) groups is 1. The van der Waals surface area contributed by atoms with Gasteiger partial charge in [-0.15, -0.1) is 24.0 Å². The first-order valence-corrected chi connectivity index (χ1v) is 10.7. The van der Waals surface area contributed by atoms with Gasteiger partial charge in [0.15, 0.2) is 5.96 Å². The average Bonchev–Trinajstić information content (AvgIpc) is 2.72. The minimum Gasteiger partial charge on any atom is -0.497 e. The number of aliphatic hydroxyl groups is 1. The maximum atomic E-state index is 10.8. The van der Waals surface area contributed by atoms with Gasteiger partial charge in [-0.1, -0.05) is 12.1 Å². The van der Waals surface area contributed by atoms with E-state index in [9.17, 15) is 5.11 Å². The van der Waals surface area contributed by atoms with E-state index in [2.05, 4.69) is 51.7 Å². The van der Waals surface area contributed by atoms with Gasteiger partial charge in [-0.25, -0.2) is 0 Å². The Morgan fingerprint density at radius 1 is 1.26 bits per heavy atom. The number of methoxy groups -OCH3 is 1. The van der Waals surface area contributed by atoms with Crippen molar-refractivity contribution in [3.8, 4) is 5.75 Å². The zero-order chi connectivity index (χ0) is 22.0. The van der Waals surface area contributed by atoms with Gasteiger partial charge in [-0.05, 0) is 45.6 Å². The summed E-state index contributed by atoms with van der Waals surface area (Å²) in [7, 11) is 5.80. The van der Waals surface area contributed by atoms with Crippen molar-refractivity contribution in [3.05, 3.63) is 29.8 Å². The Kier molecular flexibility index (Phi) is 12.7. The van der Waals surface area contributed by atoms with E-state index in [1.807, 2.05) is 26.0 Å². The molecule has 178 valence electrons. The highest BCUT2D eigenvalue weighted by atomic mass is 127. The molecule has 0 amide bonds. The third kappa shape index (κ3) is 9.90. The highest BCUT2D eigenvalue weighted by Gasteiger charge is 2.25. The summed E-state index contributed by atoms with van der Waals surface area (Å²) in [5.74, 6) is 1.56. The van der Waals surface area contributed by atoms with Crippen LogP contribution in [0.3, 0.4) is 0 Å². The van der Waals surface area contributed by atoms with Crippen LogP contribution in [0.15, 0.2) is 29.3 Å². The topological polar surface area (TPSA) is 81.6 Å². The first-order valence-electron chi connectivity index (χ1n) is 10.7. The summed E-state index contributed by atoms with van der Waals surface area (Å²) >= 11 is 0. The minimum atomic E-state index is -0.892. The summed E-state index contributed by atoms with van der Waals surface area (Å²) in [6, 6.07) is 8.31. The Labute approximate surface area is 204 Å². The lowest BCUT2D eigenvalue weighted by Gasteiger charge is -2.33. The SMILES string of the molecule is CCNC(=NCC(C)(O)CN1CCOCC1)NCC(c1ccc(OC)cc1)N(C)C.I. The Bertz CT molecular complexity index is 649. The second-order valence-electron chi connectivity index (χ2n) is 8.21. The van der Waals surface area contributed by atoms with Crippen molar-refractivity contribution in [2.75, 3.05) is 73.7 Å². The fourth-order valence-electron chi connectivity index (χ4n) is 3.50. The second-order valence-corrected chi connectivity index (χ2v) is 8.21. The summed E-state index contributed by atoms with van der Waals surface area (Å²) in [5.41, 5.74) is 0.305. The molecule has 0 radical (unpaired) electrons. The summed E-state index contributed by atoms with van der Waals surface area (Å²) in [6.45, 7) is 9.39. The summed E-state index contributed by atoms with van der Waals surface area (Å²) < 4.78 is 10.7. The fraction of sp³-hybridized carbons (Fsp3) is 0.682. The van der Waals surface area contributed by atoms with Crippen LogP contribution in [0.25, 0.3) is 0 Å². The molecule has 1 aromatic carbocycles. The zero-order valence-corrected chi connectivity index (χ0v) is 21.9. The van der Waals surface area contributed by atoms with E-state index in [0.29, 0.717) is 25.6 Å². The van der Waals surface area contributed by atoms with Gasteiger partial charge in [0.05, 0.1) is 38.5 Å². The number of β-amino-alcohol motifs (C(OH)–C–C–N with tert-alkyl or cyclic N) is 1. The number of morpholine rings is 1. The maximum Gasteiger partial charge on any atom is 0.191 e. The summed E-state index contributed by atoms with van der Waals surface area (Å²) in [6.07, 6.45) is 0. The van der Waals surface area contributed by atoms with E-state index in [0.717, 1.165) is 38.6 Å². The van der Waals surface area contributed by atoms with Gasteiger partial charge in [0.2, 0.25) is 0 Å². The maximum absolute atomic E-state index is 10.8. The molecule has 2 rings (SSSR count). The molecule has 1 aliphatic rings. The van der Waals surface area contributed by atoms with Crippen molar-refractivity contribution in [3.63, 3.8) is 0 Å². The van der Waals surface area contributed by atoms with Crippen LogP contribution in [0.5, 0.6) is 5.75 Å². The molecule has 1 saturated heterocycles. The monoisotopic (exact) mass is 549 g/mol. The molecule has 1 fully saturated rings. The first kappa shape index (κ1) is 27.9. The lowest BCUT2D eigenvalue weighted by molar-refractivity contribution is -0.0180. The van der Waals surface area contributed by atoms with Crippen LogP contribution < -0.4 is 15.4 Å². The van der Waals surface area contributed by atoms with Gasteiger partial charge >= 0.3 is 0 Å². The molecule has 9 heteroatoms. The van der Waals surface area contributed by atoms with Crippen molar-refractivity contribution in [2.24, 2.45) is 4.99 Å². The molecule has 3 N–H and O–H groups in total. The van der Waals surface area contributed by atoms with Crippen LogP contribution >= 0.6 is 24.0 Å². The van der Waals surface area contributed by atoms with Crippen LogP contribution in [0, 0.1) is 0 Å². The third-order valence-corrected chi connectivity index (χ3v) is 5.18. The molecule has 0 spiro atoms. The van der Waals surface area contributed by atoms with Crippen molar-refractivity contribution >= 4 is 29.9 Å². The van der Waals surface area contributed by atoms with Crippen LogP contribution in [-0.2, 0) is 4.74 Å². The third-order valence-electron chi connectivity index (χ3n) is 5.18. The van der Waals surface area contributed by atoms with Crippen LogP contribution in [0.2, 0.25) is 0 Å². The molecule has 2 unspecified atom stereocenters. The number of rotatable bonds is 10. The second kappa shape index (κ2) is 14.1. The number of guanidine groups is 1. The van der Waals surface area contributed by atoms with Crippen LogP contribution in [-0.4, -0.2) is 100 Å². The highest BCUT2D eigenvalue weighted by molar-refractivity contribution is 14.0. The van der Waals surface area contributed by atoms with Crippen molar-refractivity contribution < 1.29 is 14.6 Å². The predicted molar refractivity (Wildman–Crippen MR) is 137 cm³/mol. The zero-order valence-electron chi connectivity index (χ0n) is 19.6.